The van der Waals surface area contributed by atoms with E-state index in [9.17, 15) is 0 Å². The van der Waals surface area contributed by atoms with Crippen molar-refractivity contribution in [1.82, 2.24) is 38.2 Å². The van der Waals surface area contributed by atoms with Gasteiger partial charge in [-0.2, -0.15) is 0 Å². The van der Waals surface area contributed by atoms with Crippen LogP contribution in [0.1, 0.15) is 52.7 Å². The van der Waals surface area contributed by atoms with Crippen molar-refractivity contribution in [2.24, 2.45) is 0 Å². The summed E-state index contributed by atoms with van der Waals surface area (Å²) in [6, 6.07) is 66.8. The number of nitrogens with zero attached hydrogens (tertiary/aromatic N) is 8. The number of aromatic nitrogens is 8. The van der Waals surface area contributed by atoms with Crippen molar-refractivity contribution in [2.75, 3.05) is 0 Å². The Hall–Kier alpha value is -9.66. The third-order valence-corrected chi connectivity index (χ3v) is 16.2. The van der Waals surface area contributed by atoms with E-state index in [2.05, 4.69) is 247 Å². The van der Waals surface area contributed by atoms with Crippen LogP contribution < -0.4 is 0 Å². The number of pyridine rings is 4. The lowest BCUT2D eigenvalue weighted by Crippen LogP contribution is -2.16. The van der Waals surface area contributed by atoms with E-state index in [4.69, 9.17) is 15.0 Å². The van der Waals surface area contributed by atoms with Crippen molar-refractivity contribution in [1.29, 1.82) is 0 Å². The van der Waals surface area contributed by atoms with Gasteiger partial charge in [0, 0.05) is 85.8 Å². The summed E-state index contributed by atoms with van der Waals surface area (Å²) in [6.45, 7) is 13.8. The molecule has 374 valence electrons. The predicted molar refractivity (Wildman–Crippen MR) is 323 cm³/mol. The van der Waals surface area contributed by atoms with E-state index in [1.807, 2.05) is 37.2 Å². The zero-order valence-corrected chi connectivity index (χ0v) is 44.4. The fraction of sp³-hybridized carbons (Fsp3) is 0.114. The molecule has 0 fully saturated rings. The highest BCUT2D eigenvalue weighted by Gasteiger charge is 2.34. The van der Waals surface area contributed by atoms with Crippen LogP contribution in [0.2, 0.25) is 0 Å². The van der Waals surface area contributed by atoms with Gasteiger partial charge in [0.25, 0.3) is 0 Å². The molecule has 0 aliphatic heterocycles. The van der Waals surface area contributed by atoms with E-state index in [0.717, 1.165) is 116 Å². The SMILES string of the molecule is CC(C)(C)c1ccc2c(c1)c1ccccc1n2-c1nc(-n2c3ccccc3c3cnccc32)c(-n2c3ccccc3c3cnccc32)c(-c2ccccc2-c2ccncc2)c1-n1c2ccccc2c2cc(C(C)(C)C)ccc21. The van der Waals surface area contributed by atoms with Gasteiger partial charge in [0.1, 0.15) is 11.4 Å². The lowest BCUT2D eigenvalue weighted by Gasteiger charge is -2.28. The molecule has 8 aromatic heterocycles. The van der Waals surface area contributed by atoms with Gasteiger partial charge in [0.2, 0.25) is 0 Å². The van der Waals surface area contributed by atoms with Gasteiger partial charge < -0.3 is 9.13 Å². The van der Waals surface area contributed by atoms with E-state index >= 15 is 0 Å². The molecule has 15 aromatic rings. The molecule has 8 nitrogen and oxygen atoms in total. The van der Waals surface area contributed by atoms with Crippen LogP contribution in [0.25, 0.3) is 132 Å². The molecule has 0 saturated heterocycles. The second-order valence-corrected chi connectivity index (χ2v) is 22.8. The molecule has 0 aliphatic carbocycles. The summed E-state index contributed by atoms with van der Waals surface area (Å²) < 4.78 is 9.84. The standard InChI is InChI=1S/C70H54N8/c1-69(2,3)44-27-29-60-52(39-44)47-18-9-13-23-56(47)75(60)65-64(51-22-8-7-17-46(51)43-31-35-71-36-32-43)66(76-57-24-14-11-20-49(57)54-41-72-37-33-62(54)76)68(78-59-26-16-12-21-50(59)55-42-73-38-34-63(55)78)74-67(65)77-58-25-15-10-19-48(58)53-40-45(70(4,5)6)28-30-61(53)77/h7-42H,1-6H3. The zero-order chi connectivity index (χ0) is 52.6. The van der Waals surface area contributed by atoms with E-state index in [1.54, 1.807) is 0 Å². The minimum atomic E-state index is -0.0916. The fourth-order valence-electron chi connectivity index (χ4n) is 12.5. The molecule has 7 aromatic carbocycles. The third-order valence-electron chi connectivity index (χ3n) is 16.2. The van der Waals surface area contributed by atoms with Crippen LogP contribution in [0.15, 0.2) is 219 Å². The van der Waals surface area contributed by atoms with Crippen LogP contribution in [0.3, 0.4) is 0 Å². The Kier molecular flexibility index (Phi) is 9.92. The van der Waals surface area contributed by atoms with Gasteiger partial charge in [-0.25, -0.2) is 4.98 Å². The second-order valence-electron chi connectivity index (χ2n) is 22.8. The van der Waals surface area contributed by atoms with E-state index in [0.29, 0.717) is 0 Å². The third kappa shape index (κ3) is 6.72. The summed E-state index contributed by atoms with van der Waals surface area (Å²) in [6.07, 6.45) is 11.6. The molecule has 8 heterocycles. The molecule has 0 unspecified atom stereocenters. The van der Waals surface area contributed by atoms with Crippen LogP contribution in [0, 0.1) is 0 Å². The maximum atomic E-state index is 6.45. The number of hydrogen-bond donors (Lipinski definition) is 0. The van der Waals surface area contributed by atoms with Crippen molar-refractivity contribution in [2.45, 2.75) is 52.4 Å². The number of para-hydroxylation sites is 4. The second kappa shape index (κ2) is 16.9. The van der Waals surface area contributed by atoms with Crippen LogP contribution in [-0.2, 0) is 10.8 Å². The lowest BCUT2D eigenvalue weighted by atomic mass is 9.86. The first-order valence-corrected chi connectivity index (χ1v) is 26.9. The molecule has 0 amide bonds. The number of benzene rings is 7. The van der Waals surface area contributed by atoms with Crippen LogP contribution in [0.4, 0.5) is 0 Å². The maximum absolute atomic E-state index is 6.45. The van der Waals surface area contributed by atoms with Gasteiger partial charge in [0.15, 0.2) is 11.6 Å². The van der Waals surface area contributed by atoms with Crippen molar-refractivity contribution in [3.05, 3.63) is 230 Å². The topological polar surface area (TPSA) is 71.3 Å². The van der Waals surface area contributed by atoms with Crippen molar-refractivity contribution < 1.29 is 0 Å². The monoisotopic (exact) mass is 1010 g/mol. The summed E-state index contributed by atoms with van der Waals surface area (Å²) in [7, 11) is 0. The molecule has 0 radical (unpaired) electrons. The lowest BCUT2D eigenvalue weighted by molar-refractivity contribution is 0.591. The fourth-order valence-corrected chi connectivity index (χ4v) is 12.5. The Bertz CT molecular complexity index is 4830. The quantitative estimate of drug-likeness (QED) is 0.166. The number of hydrogen-bond acceptors (Lipinski definition) is 4. The van der Waals surface area contributed by atoms with Gasteiger partial charge in [-0.3, -0.25) is 24.1 Å². The Morgan fingerprint density at radius 1 is 0.308 bits per heavy atom. The van der Waals surface area contributed by atoms with Crippen molar-refractivity contribution >= 4 is 87.2 Å². The zero-order valence-electron chi connectivity index (χ0n) is 44.4. The van der Waals surface area contributed by atoms with Crippen LogP contribution in [0.5, 0.6) is 0 Å². The summed E-state index contributed by atoms with van der Waals surface area (Å²) in [5.74, 6) is 1.55. The van der Waals surface area contributed by atoms with Crippen LogP contribution in [-0.4, -0.2) is 38.2 Å². The number of fused-ring (bicyclic) bond motifs is 12. The molecule has 0 spiro atoms. The summed E-state index contributed by atoms with van der Waals surface area (Å²) in [5, 5.41) is 8.95. The Morgan fingerprint density at radius 3 is 1.14 bits per heavy atom. The summed E-state index contributed by atoms with van der Waals surface area (Å²) in [4.78, 5) is 20.5. The molecule has 0 bridgehead atoms. The molecule has 0 aliphatic rings. The van der Waals surface area contributed by atoms with Crippen molar-refractivity contribution in [3.63, 3.8) is 0 Å². The van der Waals surface area contributed by atoms with Gasteiger partial charge in [-0.15, -0.1) is 0 Å². The normalized spacial score (nSPS) is 12.5. The number of rotatable bonds is 6. The molecule has 0 atom stereocenters. The molecular weight excluding hydrogens is 953 g/mol. The Balaban J connectivity index is 1.28. The predicted octanol–water partition coefficient (Wildman–Crippen LogP) is 17.6. The molecule has 78 heavy (non-hydrogen) atoms. The first kappa shape index (κ1) is 45.7. The van der Waals surface area contributed by atoms with Crippen molar-refractivity contribution in [3.8, 4) is 45.3 Å². The molecule has 15 rings (SSSR count). The minimum Gasteiger partial charge on any atom is -0.305 e. The van der Waals surface area contributed by atoms with E-state index in [1.165, 1.54) is 27.3 Å². The first-order valence-electron chi connectivity index (χ1n) is 26.9. The molecular formula is C70H54N8. The first-order chi connectivity index (χ1) is 38.0. The highest BCUT2D eigenvalue weighted by molar-refractivity contribution is 6.16. The van der Waals surface area contributed by atoms with Gasteiger partial charge in [-0.05, 0) is 111 Å². The summed E-state index contributed by atoms with van der Waals surface area (Å²) in [5.41, 5.74) is 16.7. The molecule has 8 heteroatoms. The average Bonchev–Trinajstić information content (AvgIpc) is 4.39. The van der Waals surface area contributed by atoms with Gasteiger partial charge >= 0.3 is 0 Å². The highest BCUT2D eigenvalue weighted by Crippen LogP contribution is 2.51. The Labute approximate surface area is 451 Å². The Morgan fingerprint density at radius 2 is 0.667 bits per heavy atom. The average molecular weight is 1010 g/mol. The molecule has 0 N–H and O–H groups in total. The highest BCUT2D eigenvalue weighted by atomic mass is 15.2. The summed E-state index contributed by atoms with van der Waals surface area (Å²) >= 11 is 0. The van der Waals surface area contributed by atoms with Gasteiger partial charge in [-0.1, -0.05) is 151 Å². The van der Waals surface area contributed by atoms with Crippen LogP contribution >= 0.6 is 0 Å². The minimum absolute atomic E-state index is 0.0858. The largest absolute Gasteiger partial charge is 0.305 e. The maximum Gasteiger partial charge on any atom is 0.165 e. The molecule has 0 saturated carbocycles. The smallest absolute Gasteiger partial charge is 0.165 e. The van der Waals surface area contributed by atoms with Gasteiger partial charge in [0.05, 0.1) is 44.1 Å². The van der Waals surface area contributed by atoms with E-state index < -0.39 is 0 Å². The van der Waals surface area contributed by atoms with E-state index in [-0.39, 0.29) is 10.8 Å².